The van der Waals surface area contributed by atoms with E-state index in [9.17, 15) is 9.59 Å². The molecular weight excluding hydrogens is 476 g/mol. The largest absolute Gasteiger partial charge is 0.379 e. The average molecular weight is 499 g/mol. The molecule has 3 N–H and O–H groups in total. The quantitative estimate of drug-likeness (QED) is 0.357. The molecule has 4 aromatic rings. The van der Waals surface area contributed by atoms with Gasteiger partial charge in [-0.1, -0.05) is 17.7 Å². The first-order valence-electron chi connectivity index (χ1n) is 12.1. The number of rotatable bonds is 6. The molecule has 8 nitrogen and oxygen atoms in total. The van der Waals surface area contributed by atoms with Crippen molar-refractivity contribution < 1.29 is 9.59 Å². The highest BCUT2D eigenvalue weighted by Gasteiger charge is 2.67. The molecule has 0 unspecified atom stereocenters. The van der Waals surface area contributed by atoms with Gasteiger partial charge in [0.2, 0.25) is 11.8 Å². The van der Waals surface area contributed by atoms with Crippen LogP contribution in [-0.2, 0) is 21.5 Å². The lowest BCUT2D eigenvalue weighted by Gasteiger charge is -2.10. The summed E-state index contributed by atoms with van der Waals surface area (Å²) in [5.74, 6) is 0.286. The number of benzene rings is 1. The number of anilines is 3. The highest BCUT2D eigenvalue weighted by Crippen LogP contribution is 2.60. The molecule has 0 saturated heterocycles. The highest BCUT2D eigenvalue weighted by atomic mass is 35.5. The van der Waals surface area contributed by atoms with E-state index in [1.165, 1.54) is 18.4 Å². The molecule has 1 spiro atoms. The van der Waals surface area contributed by atoms with E-state index in [1.54, 1.807) is 30.5 Å². The van der Waals surface area contributed by atoms with Crippen molar-refractivity contribution in [3.63, 3.8) is 0 Å². The normalized spacial score (nSPS) is 21.9. The standard InChI is InChI=1S/C27H23ClN6O2/c28-17-4-5-22-20(9-17)27(26(36)32-22)11-21(27)25(35)33-23-10-18(7-8-29-23)30-12-19-14-34-13-16(15-1-2-15)3-6-24(34)31-19/h3-10,13-15,21H,1-2,11-12H2,(H,32,36)(H2,29,30,33,35)/t21-,27+/m0/s1. The van der Waals surface area contributed by atoms with Crippen LogP contribution in [0.5, 0.6) is 0 Å². The summed E-state index contributed by atoms with van der Waals surface area (Å²) in [5, 5.41) is 9.66. The molecule has 2 amide bonds. The van der Waals surface area contributed by atoms with Crippen LogP contribution < -0.4 is 16.0 Å². The summed E-state index contributed by atoms with van der Waals surface area (Å²) in [5.41, 5.74) is 4.71. The average Bonchev–Trinajstić information content (AvgIpc) is 3.78. The van der Waals surface area contributed by atoms with Crippen molar-refractivity contribution in [2.24, 2.45) is 5.92 Å². The lowest BCUT2D eigenvalue weighted by molar-refractivity contribution is -0.122. The van der Waals surface area contributed by atoms with E-state index in [4.69, 9.17) is 16.6 Å². The third kappa shape index (κ3) is 3.52. The number of hydrogen-bond donors (Lipinski definition) is 3. The van der Waals surface area contributed by atoms with Crippen LogP contribution >= 0.6 is 11.6 Å². The molecule has 4 heterocycles. The predicted molar refractivity (Wildman–Crippen MR) is 137 cm³/mol. The molecule has 1 aromatic carbocycles. The molecule has 3 aliphatic rings. The van der Waals surface area contributed by atoms with Gasteiger partial charge >= 0.3 is 0 Å². The molecule has 180 valence electrons. The van der Waals surface area contributed by atoms with Crippen LogP contribution in [0, 0.1) is 5.92 Å². The van der Waals surface area contributed by atoms with Crippen molar-refractivity contribution in [1.29, 1.82) is 0 Å². The van der Waals surface area contributed by atoms with Crippen LogP contribution in [0.15, 0.2) is 61.1 Å². The van der Waals surface area contributed by atoms with Gasteiger partial charge in [-0.05, 0) is 66.6 Å². The molecular formula is C27H23ClN6O2. The second-order valence-corrected chi connectivity index (χ2v) is 10.3. The van der Waals surface area contributed by atoms with E-state index < -0.39 is 11.3 Å². The first kappa shape index (κ1) is 21.4. The predicted octanol–water partition coefficient (Wildman–Crippen LogP) is 4.72. The van der Waals surface area contributed by atoms with Gasteiger partial charge in [0, 0.05) is 41.1 Å². The number of amides is 2. The summed E-state index contributed by atoms with van der Waals surface area (Å²) in [6, 6.07) is 13.2. The number of nitrogens with one attached hydrogen (secondary N) is 3. The molecule has 1 aliphatic heterocycles. The van der Waals surface area contributed by atoms with E-state index in [0.717, 1.165) is 28.3 Å². The van der Waals surface area contributed by atoms with Gasteiger partial charge in [-0.3, -0.25) is 9.59 Å². The van der Waals surface area contributed by atoms with Crippen LogP contribution in [0.1, 0.15) is 42.0 Å². The molecule has 3 aromatic heterocycles. The van der Waals surface area contributed by atoms with Gasteiger partial charge in [0.1, 0.15) is 11.5 Å². The van der Waals surface area contributed by atoms with Crippen molar-refractivity contribution >= 4 is 46.3 Å². The fourth-order valence-corrected chi connectivity index (χ4v) is 5.47. The minimum Gasteiger partial charge on any atom is -0.379 e. The molecule has 2 aliphatic carbocycles. The van der Waals surface area contributed by atoms with Gasteiger partial charge < -0.3 is 20.4 Å². The highest BCUT2D eigenvalue weighted by molar-refractivity contribution is 6.31. The summed E-state index contributed by atoms with van der Waals surface area (Å²) in [7, 11) is 0. The van der Waals surface area contributed by atoms with Crippen molar-refractivity contribution in [3.05, 3.63) is 82.9 Å². The first-order chi connectivity index (χ1) is 17.5. The third-order valence-electron chi connectivity index (χ3n) is 7.45. The van der Waals surface area contributed by atoms with E-state index in [2.05, 4.69) is 43.7 Å². The number of halogens is 1. The minimum atomic E-state index is -0.845. The smallest absolute Gasteiger partial charge is 0.235 e. The molecule has 0 bridgehead atoms. The first-order valence-corrected chi connectivity index (χ1v) is 12.5. The summed E-state index contributed by atoms with van der Waals surface area (Å²) in [4.78, 5) is 34.8. The summed E-state index contributed by atoms with van der Waals surface area (Å²) in [6.45, 7) is 0.543. The SMILES string of the molecule is O=C(Nc1cc(NCc2cn3cc(C4CC4)ccc3n2)ccn1)[C@@H]1C[C@]12C(=O)Nc1ccc(Cl)cc12. The monoisotopic (exact) mass is 498 g/mol. The van der Waals surface area contributed by atoms with Crippen molar-refractivity contribution in [1.82, 2.24) is 14.4 Å². The minimum absolute atomic E-state index is 0.153. The zero-order valence-corrected chi connectivity index (χ0v) is 20.0. The number of carbonyl (C=O) groups excluding carboxylic acids is 2. The fraction of sp³-hybridized carbons (Fsp3) is 0.259. The third-order valence-corrected chi connectivity index (χ3v) is 7.69. The number of imidazole rings is 1. The molecule has 0 radical (unpaired) electrons. The summed E-state index contributed by atoms with van der Waals surface area (Å²) in [6.07, 6.45) is 8.85. The maximum Gasteiger partial charge on any atom is 0.235 e. The van der Waals surface area contributed by atoms with E-state index in [-0.39, 0.29) is 11.8 Å². The van der Waals surface area contributed by atoms with Crippen LogP contribution in [0.3, 0.4) is 0 Å². The Kier molecular flexibility index (Phi) is 4.63. The number of fused-ring (bicyclic) bond motifs is 3. The Morgan fingerprint density at radius 1 is 1.17 bits per heavy atom. The van der Waals surface area contributed by atoms with Crippen LogP contribution in [0.25, 0.3) is 5.65 Å². The topological polar surface area (TPSA) is 100 Å². The Balaban J connectivity index is 1.03. The second-order valence-electron chi connectivity index (χ2n) is 9.88. The van der Waals surface area contributed by atoms with Crippen molar-refractivity contribution in [2.75, 3.05) is 16.0 Å². The molecule has 2 fully saturated rings. The van der Waals surface area contributed by atoms with E-state index >= 15 is 0 Å². The van der Waals surface area contributed by atoms with Gasteiger partial charge in [-0.15, -0.1) is 0 Å². The number of pyridine rings is 2. The van der Waals surface area contributed by atoms with Gasteiger partial charge in [0.05, 0.1) is 23.6 Å². The van der Waals surface area contributed by atoms with E-state index in [1.807, 2.05) is 12.3 Å². The Labute approximate surface area is 212 Å². The lowest BCUT2D eigenvalue weighted by Crippen LogP contribution is -2.27. The number of nitrogens with zero attached hydrogens (tertiary/aromatic N) is 3. The molecule has 2 saturated carbocycles. The molecule has 9 heteroatoms. The van der Waals surface area contributed by atoms with Crippen LogP contribution in [0.2, 0.25) is 5.02 Å². The number of aromatic nitrogens is 3. The number of carbonyl (C=O) groups is 2. The van der Waals surface area contributed by atoms with Crippen LogP contribution in [0.4, 0.5) is 17.2 Å². The molecule has 7 rings (SSSR count). The zero-order chi connectivity index (χ0) is 24.4. The number of hydrogen-bond acceptors (Lipinski definition) is 5. The second kappa shape index (κ2) is 7.80. The van der Waals surface area contributed by atoms with Crippen molar-refractivity contribution in [3.8, 4) is 0 Å². The van der Waals surface area contributed by atoms with Gasteiger partial charge in [0.25, 0.3) is 0 Å². The molecule has 2 atom stereocenters. The van der Waals surface area contributed by atoms with Gasteiger partial charge in [-0.25, -0.2) is 9.97 Å². The van der Waals surface area contributed by atoms with Crippen molar-refractivity contribution in [2.45, 2.75) is 37.1 Å². The fourth-order valence-electron chi connectivity index (χ4n) is 5.30. The van der Waals surface area contributed by atoms with Gasteiger partial charge in [-0.2, -0.15) is 0 Å². The van der Waals surface area contributed by atoms with E-state index in [0.29, 0.717) is 29.7 Å². The Morgan fingerprint density at radius 2 is 2.06 bits per heavy atom. The maximum absolute atomic E-state index is 13.0. The lowest BCUT2D eigenvalue weighted by atomic mass is 9.94. The van der Waals surface area contributed by atoms with Gasteiger partial charge in [0.15, 0.2) is 0 Å². The summed E-state index contributed by atoms with van der Waals surface area (Å²) >= 11 is 6.16. The Bertz CT molecular complexity index is 1560. The van der Waals surface area contributed by atoms with Crippen LogP contribution in [-0.4, -0.2) is 26.2 Å². The summed E-state index contributed by atoms with van der Waals surface area (Å²) < 4.78 is 2.08. The Morgan fingerprint density at radius 3 is 2.92 bits per heavy atom. The Hall–Kier alpha value is -3.91. The maximum atomic E-state index is 13.0. The molecule has 36 heavy (non-hydrogen) atoms. The zero-order valence-electron chi connectivity index (χ0n) is 19.3.